The maximum atomic E-state index is 12.0. The van der Waals surface area contributed by atoms with Gasteiger partial charge in [0.25, 0.3) is 0 Å². The number of nitrogens with one attached hydrogen (secondary N) is 2. The molecule has 2 aromatic heterocycles. The zero-order valence-corrected chi connectivity index (χ0v) is 21.3. The van der Waals surface area contributed by atoms with Crippen molar-refractivity contribution < 1.29 is 4.79 Å². The number of H-pyrrole nitrogens is 1. The van der Waals surface area contributed by atoms with Gasteiger partial charge in [-0.25, -0.2) is 0 Å². The summed E-state index contributed by atoms with van der Waals surface area (Å²) in [5.74, 6) is -0.0735. The molecule has 1 amide bonds. The number of para-hydroxylation sites is 1. The van der Waals surface area contributed by atoms with Gasteiger partial charge in [-0.3, -0.25) is 14.7 Å². The van der Waals surface area contributed by atoms with Gasteiger partial charge in [0.15, 0.2) is 0 Å². The highest BCUT2D eigenvalue weighted by molar-refractivity contribution is 5.91. The molecular formula is C31H36N4O. The molecule has 0 radical (unpaired) electrons. The number of carbonyl (C=O) groups excluding carboxylic acids is 1. The highest BCUT2D eigenvalue weighted by atomic mass is 16.1. The van der Waals surface area contributed by atoms with Crippen LogP contribution in [0.3, 0.4) is 0 Å². The van der Waals surface area contributed by atoms with Gasteiger partial charge in [0.05, 0.1) is 0 Å². The van der Waals surface area contributed by atoms with E-state index in [1.54, 1.807) is 24.5 Å². The fraction of sp³-hybridized carbons (Fsp3) is 0.290. The number of pyridine rings is 1. The molecule has 36 heavy (non-hydrogen) atoms. The molecule has 0 fully saturated rings. The van der Waals surface area contributed by atoms with Crippen molar-refractivity contribution in [1.29, 1.82) is 0 Å². The van der Waals surface area contributed by atoms with Crippen LogP contribution in [0.1, 0.15) is 42.5 Å². The van der Waals surface area contributed by atoms with E-state index in [-0.39, 0.29) is 5.91 Å². The second-order valence-electron chi connectivity index (χ2n) is 9.50. The summed E-state index contributed by atoms with van der Waals surface area (Å²) in [7, 11) is 0. The fourth-order valence-electron chi connectivity index (χ4n) is 4.38. The Labute approximate surface area is 214 Å². The first kappa shape index (κ1) is 25.4. The summed E-state index contributed by atoms with van der Waals surface area (Å²) in [6, 6.07) is 21.7. The summed E-state index contributed by atoms with van der Waals surface area (Å²) >= 11 is 0. The maximum absolute atomic E-state index is 12.0. The molecule has 0 saturated heterocycles. The first-order valence-electron chi connectivity index (χ1n) is 12.8. The summed E-state index contributed by atoms with van der Waals surface area (Å²) in [6.45, 7) is 7.16. The van der Waals surface area contributed by atoms with Crippen molar-refractivity contribution in [3.63, 3.8) is 0 Å². The zero-order valence-electron chi connectivity index (χ0n) is 21.3. The molecule has 0 atom stereocenters. The molecule has 0 unspecified atom stereocenters. The van der Waals surface area contributed by atoms with Crippen LogP contribution < -0.4 is 5.32 Å². The van der Waals surface area contributed by atoms with Crippen LogP contribution in [0.2, 0.25) is 0 Å². The third-order valence-corrected chi connectivity index (χ3v) is 6.54. The van der Waals surface area contributed by atoms with Gasteiger partial charge in [0.1, 0.15) is 0 Å². The first-order valence-corrected chi connectivity index (χ1v) is 12.8. The second-order valence-corrected chi connectivity index (χ2v) is 9.50. The predicted octanol–water partition coefficient (Wildman–Crippen LogP) is 5.78. The lowest BCUT2D eigenvalue weighted by Crippen LogP contribution is -2.32. The van der Waals surface area contributed by atoms with E-state index in [2.05, 4.69) is 88.8 Å². The first-order chi connectivity index (χ1) is 17.6. The van der Waals surface area contributed by atoms with Gasteiger partial charge in [-0.15, -0.1) is 0 Å². The number of nitrogens with zero attached hydrogens (tertiary/aromatic N) is 2. The SMILES string of the molecule is CC(C)N(CCc1c[nH]c2ccccc12)Cc1ccc(CCCNC(=O)/C=C/c2cccnc2)cc1. The zero-order chi connectivity index (χ0) is 25.2. The number of hydrogen-bond acceptors (Lipinski definition) is 3. The van der Waals surface area contributed by atoms with E-state index in [0.717, 1.165) is 37.9 Å². The molecule has 0 aliphatic rings. The van der Waals surface area contributed by atoms with Gasteiger partial charge in [0, 0.05) is 61.2 Å². The Morgan fingerprint density at radius 1 is 1.03 bits per heavy atom. The molecule has 0 saturated carbocycles. The van der Waals surface area contributed by atoms with Crippen LogP contribution in [0.5, 0.6) is 0 Å². The fourth-order valence-corrected chi connectivity index (χ4v) is 4.38. The number of rotatable bonds is 12. The minimum atomic E-state index is -0.0735. The van der Waals surface area contributed by atoms with Crippen molar-refractivity contribution >= 4 is 22.9 Å². The van der Waals surface area contributed by atoms with E-state index in [9.17, 15) is 4.79 Å². The van der Waals surface area contributed by atoms with Crippen LogP contribution in [0, 0.1) is 0 Å². The molecule has 0 bridgehead atoms. The Balaban J connectivity index is 1.21. The molecule has 5 heteroatoms. The van der Waals surface area contributed by atoms with Crippen molar-refractivity contribution in [2.45, 2.75) is 45.7 Å². The van der Waals surface area contributed by atoms with Gasteiger partial charge < -0.3 is 10.3 Å². The molecule has 4 rings (SSSR count). The predicted molar refractivity (Wildman–Crippen MR) is 149 cm³/mol. The standard InChI is InChI=1S/C31H36N4O/c1-24(2)35(20-17-28-22-34-30-10-4-3-9-29(28)30)23-27-13-11-25(12-14-27)7-6-19-33-31(36)16-15-26-8-5-18-32-21-26/h3-5,8-16,18,21-22,24,34H,6-7,17,19-20,23H2,1-2H3,(H,33,36)/b16-15+. The summed E-state index contributed by atoms with van der Waals surface area (Å²) in [4.78, 5) is 22.0. The third-order valence-electron chi connectivity index (χ3n) is 6.54. The molecule has 0 aliphatic carbocycles. The number of aryl methyl sites for hydroxylation is 1. The molecule has 5 nitrogen and oxygen atoms in total. The average Bonchev–Trinajstić information content (AvgIpc) is 3.32. The van der Waals surface area contributed by atoms with E-state index in [1.807, 2.05) is 12.1 Å². The van der Waals surface area contributed by atoms with Gasteiger partial charge in [0.2, 0.25) is 5.91 Å². The molecule has 186 valence electrons. The Kier molecular flexibility index (Phi) is 9.06. The number of hydrogen-bond donors (Lipinski definition) is 2. The minimum Gasteiger partial charge on any atom is -0.361 e. The molecule has 2 aromatic carbocycles. The summed E-state index contributed by atoms with van der Waals surface area (Å²) in [6.07, 6.45) is 11.8. The lowest BCUT2D eigenvalue weighted by molar-refractivity contribution is -0.116. The van der Waals surface area contributed by atoms with Crippen molar-refractivity contribution in [2.75, 3.05) is 13.1 Å². The molecule has 0 aliphatic heterocycles. The van der Waals surface area contributed by atoms with E-state index < -0.39 is 0 Å². The Bertz CT molecular complexity index is 1260. The van der Waals surface area contributed by atoms with E-state index in [0.29, 0.717) is 12.6 Å². The molecule has 2 N–H and O–H groups in total. The van der Waals surface area contributed by atoms with Crippen LogP contribution in [-0.4, -0.2) is 39.9 Å². The molecular weight excluding hydrogens is 444 g/mol. The largest absolute Gasteiger partial charge is 0.361 e. The smallest absolute Gasteiger partial charge is 0.244 e. The molecule has 0 spiro atoms. The van der Waals surface area contributed by atoms with Gasteiger partial charge >= 0.3 is 0 Å². The van der Waals surface area contributed by atoms with Crippen LogP contribution in [0.15, 0.2) is 85.3 Å². The van der Waals surface area contributed by atoms with Crippen LogP contribution >= 0.6 is 0 Å². The van der Waals surface area contributed by atoms with Crippen LogP contribution in [-0.2, 0) is 24.2 Å². The van der Waals surface area contributed by atoms with E-state index in [4.69, 9.17) is 0 Å². The topological polar surface area (TPSA) is 61.0 Å². The number of fused-ring (bicyclic) bond motifs is 1. The summed E-state index contributed by atoms with van der Waals surface area (Å²) < 4.78 is 0. The second kappa shape index (κ2) is 12.8. The van der Waals surface area contributed by atoms with Crippen LogP contribution in [0.25, 0.3) is 17.0 Å². The van der Waals surface area contributed by atoms with Crippen molar-refractivity contribution in [3.8, 4) is 0 Å². The summed E-state index contributed by atoms with van der Waals surface area (Å²) in [5.41, 5.74) is 6.14. The third kappa shape index (κ3) is 7.40. The summed E-state index contributed by atoms with van der Waals surface area (Å²) in [5, 5.41) is 4.28. The lowest BCUT2D eigenvalue weighted by Gasteiger charge is -2.26. The number of carbonyl (C=O) groups is 1. The van der Waals surface area contributed by atoms with E-state index in [1.165, 1.54) is 27.6 Å². The average molecular weight is 481 g/mol. The van der Waals surface area contributed by atoms with Crippen molar-refractivity contribution in [3.05, 3.63) is 108 Å². The Morgan fingerprint density at radius 2 is 1.83 bits per heavy atom. The Hall–Kier alpha value is -3.70. The lowest BCUT2D eigenvalue weighted by atomic mass is 10.1. The van der Waals surface area contributed by atoms with Gasteiger partial charge in [-0.2, -0.15) is 0 Å². The highest BCUT2D eigenvalue weighted by Gasteiger charge is 2.12. The number of aromatic amines is 1. The normalized spacial score (nSPS) is 11.7. The highest BCUT2D eigenvalue weighted by Crippen LogP contribution is 2.19. The molecule has 2 heterocycles. The minimum absolute atomic E-state index is 0.0735. The van der Waals surface area contributed by atoms with Crippen molar-refractivity contribution in [1.82, 2.24) is 20.2 Å². The van der Waals surface area contributed by atoms with Gasteiger partial charge in [-0.1, -0.05) is 48.5 Å². The maximum Gasteiger partial charge on any atom is 0.244 e. The van der Waals surface area contributed by atoms with E-state index >= 15 is 0 Å². The van der Waals surface area contributed by atoms with Crippen LogP contribution in [0.4, 0.5) is 0 Å². The Morgan fingerprint density at radius 3 is 2.61 bits per heavy atom. The molecule has 4 aromatic rings. The number of amides is 1. The van der Waals surface area contributed by atoms with Crippen molar-refractivity contribution in [2.24, 2.45) is 0 Å². The van der Waals surface area contributed by atoms with Gasteiger partial charge in [-0.05, 0) is 73.6 Å². The number of benzene rings is 2. The quantitative estimate of drug-likeness (QED) is 0.200. The monoisotopic (exact) mass is 480 g/mol. The number of aromatic nitrogens is 2.